The summed E-state index contributed by atoms with van der Waals surface area (Å²) in [5, 5.41) is 9.94. The Morgan fingerprint density at radius 3 is 2.47 bits per heavy atom. The van der Waals surface area contributed by atoms with Crippen molar-refractivity contribution in [2.24, 2.45) is 0 Å². The monoisotopic (exact) mass is 452 g/mol. The highest BCUT2D eigenvalue weighted by Gasteiger charge is 2.55. The molecule has 3 atom stereocenters. The number of amides is 1. The van der Waals surface area contributed by atoms with Crippen molar-refractivity contribution in [3.8, 4) is 11.8 Å². The lowest BCUT2D eigenvalue weighted by molar-refractivity contribution is -0.158. The van der Waals surface area contributed by atoms with Crippen LogP contribution in [0, 0.1) is 11.8 Å². The maximum Gasteiger partial charge on any atom is 0.238 e. The second-order valence-electron chi connectivity index (χ2n) is 8.35. The third-order valence-corrected chi connectivity index (χ3v) is 7.97. The van der Waals surface area contributed by atoms with E-state index in [4.69, 9.17) is 0 Å². The number of hydrogen-bond donors (Lipinski definition) is 1. The number of aliphatic hydroxyl groups is 1. The molecule has 168 valence electrons. The molecular formula is C25H28N2O4S. The highest BCUT2D eigenvalue weighted by molar-refractivity contribution is 7.88. The minimum absolute atomic E-state index is 0.115. The van der Waals surface area contributed by atoms with E-state index in [2.05, 4.69) is 18.8 Å². The highest BCUT2D eigenvalue weighted by Crippen LogP contribution is 2.43. The molecule has 0 radical (unpaired) electrons. The number of nitrogens with zero attached hydrogens (tertiary/aromatic N) is 2. The largest absolute Gasteiger partial charge is 0.394 e. The van der Waals surface area contributed by atoms with Gasteiger partial charge in [0.1, 0.15) is 0 Å². The zero-order chi connectivity index (χ0) is 22.7. The number of fused-ring (bicyclic) bond motifs is 1. The summed E-state index contributed by atoms with van der Waals surface area (Å²) in [7, 11) is -3.64. The average Bonchev–Trinajstić information content (AvgIpc) is 2.76. The van der Waals surface area contributed by atoms with Gasteiger partial charge in [0.05, 0.1) is 31.0 Å². The van der Waals surface area contributed by atoms with Gasteiger partial charge in [0.25, 0.3) is 0 Å². The van der Waals surface area contributed by atoms with Gasteiger partial charge in [-0.05, 0) is 29.7 Å². The number of aliphatic hydroxyl groups excluding tert-OH is 1. The Morgan fingerprint density at radius 2 is 1.81 bits per heavy atom. The van der Waals surface area contributed by atoms with Crippen LogP contribution >= 0.6 is 0 Å². The SMILES string of the molecule is CCCC#Cc1ccc([C@@H]2[C@@H](CO)N3C(=O)CN(S(=O)(=O)Cc4ccccc4)C[C@H]23)cc1. The van der Waals surface area contributed by atoms with Gasteiger partial charge in [-0.3, -0.25) is 4.79 Å². The smallest absolute Gasteiger partial charge is 0.238 e. The van der Waals surface area contributed by atoms with Gasteiger partial charge in [0.2, 0.25) is 15.9 Å². The van der Waals surface area contributed by atoms with Crippen molar-refractivity contribution in [3.63, 3.8) is 0 Å². The fourth-order valence-corrected chi connectivity index (χ4v) is 6.12. The molecule has 0 aliphatic carbocycles. The summed E-state index contributed by atoms with van der Waals surface area (Å²) >= 11 is 0. The van der Waals surface area contributed by atoms with Gasteiger partial charge in [-0.1, -0.05) is 61.2 Å². The number of unbranched alkanes of at least 4 members (excludes halogenated alkanes) is 1. The number of sulfonamides is 1. The number of carbonyl (C=O) groups is 1. The highest BCUT2D eigenvalue weighted by atomic mass is 32.2. The maximum atomic E-state index is 13.0. The third kappa shape index (κ3) is 4.44. The molecular weight excluding hydrogens is 424 g/mol. The van der Waals surface area contributed by atoms with E-state index in [-0.39, 0.29) is 49.4 Å². The minimum Gasteiger partial charge on any atom is -0.394 e. The first-order valence-electron chi connectivity index (χ1n) is 11.0. The summed E-state index contributed by atoms with van der Waals surface area (Å²) in [5.74, 6) is 5.76. The number of hydrogen-bond acceptors (Lipinski definition) is 4. The van der Waals surface area contributed by atoms with E-state index < -0.39 is 10.0 Å². The van der Waals surface area contributed by atoms with Gasteiger partial charge >= 0.3 is 0 Å². The van der Waals surface area contributed by atoms with Crippen LogP contribution in [0.3, 0.4) is 0 Å². The molecule has 2 heterocycles. The van der Waals surface area contributed by atoms with Gasteiger partial charge in [-0.15, -0.1) is 0 Å². The minimum atomic E-state index is -3.64. The molecule has 2 aliphatic rings. The molecule has 6 nitrogen and oxygen atoms in total. The zero-order valence-electron chi connectivity index (χ0n) is 18.1. The summed E-state index contributed by atoms with van der Waals surface area (Å²) in [6.45, 7) is 1.99. The van der Waals surface area contributed by atoms with Gasteiger partial charge in [0, 0.05) is 24.4 Å². The number of piperazine rings is 1. The lowest BCUT2D eigenvalue weighted by Crippen LogP contribution is -2.73. The summed E-state index contributed by atoms with van der Waals surface area (Å²) in [6.07, 6.45) is 1.87. The fraction of sp³-hybridized carbons (Fsp3) is 0.400. The fourth-order valence-electron chi connectivity index (χ4n) is 4.64. The second-order valence-corrected chi connectivity index (χ2v) is 10.3. The van der Waals surface area contributed by atoms with E-state index in [1.54, 1.807) is 29.2 Å². The molecule has 2 aromatic rings. The Balaban J connectivity index is 1.53. The van der Waals surface area contributed by atoms with Crippen molar-refractivity contribution in [3.05, 3.63) is 71.3 Å². The summed E-state index contributed by atoms with van der Waals surface area (Å²) < 4.78 is 27.4. The van der Waals surface area contributed by atoms with Gasteiger partial charge < -0.3 is 10.0 Å². The van der Waals surface area contributed by atoms with Crippen molar-refractivity contribution in [1.29, 1.82) is 0 Å². The molecule has 0 aromatic heterocycles. The normalized spacial score (nSPS) is 23.1. The van der Waals surface area contributed by atoms with E-state index in [0.29, 0.717) is 5.56 Å². The van der Waals surface area contributed by atoms with Crippen LogP contribution in [-0.2, 0) is 20.6 Å². The van der Waals surface area contributed by atoms with Crippen LogP contribution in [0.4, 0.5) is 0 Å². The van der Waals surface area contributed by atoms with E-state index in [1.165, 1.54) is 4.31 Å². The van der Waals surface area contributed by atoms with Crippen molar-refractivity contribution >= 4 is 15.9 Å². The lowest BCUT2D eigenvalue weighted by Gasteiger charge is -2.58. The predicted octanol–water partition coefficient (Wildman–Crippen LogP) is 2.34. The van der Waals surface area contributed by atoms with Crippen LogP contribution < -0.4 is 0 Å². The number of carbonyl (C=O) groups excluding carboxylic acids is 1. The molecule has 0 bridgehead atoms. The Bertz CT molecular complexity index is 1120. The Morgan fingerprint density at radius 1 is 1.09 bits per heavy atom. The first kappa shape index (κ1) is 22.5. The van der Waals surface area contributed by atoms with Crippen molar-refractivity contribution in [2.75, 3.05) is 19.7 Å². The van der Waals surface area contributed by atoms with Crippen LogP contribution in [0.2, 0.25) is 0 Å². The van der Waals surface area contributed by atoms with E-state index in [0.717, 1.165) is 24.0 Å². The Hall–Kier alpha value is -2.66. The molecule has 1 N–H and O–H groups in total. The Kier molecular flexibility index (Phi) is 6.66. The quantitative estimate of drug-likeness (QED) is 0.683. The molecule has 32 heavy (non-hydrogen) atoms. The standard InChI is InChI=1S/C25H28N2O4S/c1-2-3-5-8-19-11-13-21(14-12-19)25-22-15-26(16-24(29)27(22)23(25)17-28)32(30,31)18-20-9-6-4-7-10-20/h4,6-7,9-14,22-23,25,28H,2-3,15-18H2,1H3/t22-,23-,25+/m1/s1. The lowest BCUT2D eigenvalue weighted by atomic mass is 9.74. The molecule has 2 fully saturated rings. The van der Waals surface area contributed by atoms with Crippen LogP contribution in [-0.4, -0.2) is 60.4 Å². The van der Waals surface area contributed by atoms with E-state index >= 15 is 0 Å². The first-order valence-corrected chi connectivity index (χ1v) is 12.6. The molecule has 0 unspecified atom stereocenters. The molecule has 2 aliphatic heterocycles. The molecule has 7 heteroatoms. The van der Waals surface area contributed by atoms with Crippen molar-refractivity contribution in [2.45, 2.75) is 43.5 Å². The number of rotatable bonds is 6. The second kappa shape index (κ2) is 9.45. The van der Waals surface area contributed by atoms with Gasteiger partial charge in [-0.25, -0.2) is 8.42 Å². The summed E-state index contributed by atoms with van der Waals surface area (Å²) in [6, 6.07) is 16.2. The summed E-state index contributed by atoms with van der Waals surface area (Å²) in [5.41, 5.74) is 2.60. The van der Waals surface area contributed by atoms with Crippen molar-refractivity contribution in [1.82, 2.24) is 9.21 Å². The van der Waals surface area contributed by atoms with Crippen molar-refractivity contribution < 1.29 is 18.3 Å². The predicted molar refractivity (Wildman–Crippen MR) is 123 cm³/mol. The zero-order valence-corrected chi connectivity index (χ0v) is 19.0. The van der Waals surface area contributed by atoms with E-state index in [9.17, 15) is 18.3 Å². The molecule has 4 rings (SSSR count). The first-order chi connectivity index (χ1) is 15.4. The van der Waals surface area contributed by atoms with E-state index in [1.807, 2.05) is 30.3 Å². The van der Waals surface area contributed by atoms with Gasteiger partial charge in [-0.2, -0.15) is 4.31 Å². The maximum absolute atomic E-state index is 13.0. The topological polar surface area (TPSA) is 77.9 Å². The summed E-state index contributed by atoms with van der Waals surface area (Å²) in [4.78, 5) is 14.5. The molecule has 1 amide bonds. The van der Waals surface area contributed by atoms with Crippen LogP contribution in [0.25, 0.3) is 0 Å². The number of benzene rings is 2. The van der Waals surface area contributed by atoms with Crippen LogP contribution in [0.5, 0.6) is 0 Å². The molecule has 2 aromatic carbocycles. The van der Waals surface area contributed by atoms with Crippen LogP contribution in [0.15, 0.2) is 54.6 Å². The average molecular weight is 453 g/mol. The Labute approximate surface area is 189 Å². The van der Waals surface area contributed by atoms with Gasteiger partial charge in [0.15, 0.2) is 0 Å². The molecule has 0 spiro atoms. The molecule has 0 saturated carbocycles. The third-order valence-electron chi connectivity index (χ3n) is 6.21. The van der Waals surface area contributed by atoms with Crippen LogP contribution in [0.1, 0.15) is 42.4 Å². The molecule has 2 saturated heterocycles.